The molecule has 0 aromatic heterocycles. The number of urea groups is 1. The number of hydrogen-bond donors (Lipinski definition) is 3. The van der Waals surface area contributed by atoms with Crippen LogP contribution in [0, 0.1) is 11.8 Å². The van der Waals surface area contributed by atoms with E-state index >= 15 is 0 Å². The zero-order valence-electron chi connectivity index (χ0n) is 13.2. The summed E-state index contributed by atoms with van der Waals surface area (Å²) in [6.45, 7) is 8.39. The normalized spacial score (nSPS) is 22.5. The minimum atomic E-state index is -0.418. The fraction of sp³-hybridized carbons (Fsp3) is 0.857. The lowest BCUT2D eigenvalue weighted by atomic mass is 9.91. The number of likely N-dealkylation sites (tertiary alicyclic amines) is 1. The molecule has 0 aromatic rings. The predicted octanol–water partition coefficient (Wildman–Crippen LogP) is 0.949. The third-order valence-corrected chi connectivity index (χ3v) is 3.74. The van der Waals surface area contributed by atoms with Crippen molar-refractivity contribution in [2.75, 3.05) is 26.2 Å². The third kappa shape index (κ3) is 7.11. The largest absolute Gasteiger partial charge is 0.338 e. The van der Waals surface area contributed by atoms with Crippen LogP contribution in [-0.2, 0) is 4.79 Å². The van der Waals surface area contributed by atoms with Crippen LogP contribution >= 0.6 is 12.4 Å². The van der Waals surface area contributed by atoms with E-state index in [4.69, 9.17) is 5.73 Å². The smallest absolute Gasteiger partial charge is 0.321 e. The van der Waals surface area contributed by atoms with Gasteiger partial charge in [0.25, 0.3) is 0 Å². The molecule has 2 atom stereocenters. The first-order chi connectivity index (χ1) is 9.43. The molecule has 7 heteroatoms. The van der Waals surface area contributed by atoms with E-state index < -0.39 is 6.03 Å². The topological polar surface area (TPSA) is 87.5 Å². The first kappa shape index (κ1) is 20.1. The molecule has 4 N–H and O–H groups in total. The Hall–Kier alpha value is -0.850. The van der Waals surface area contributed by atoms with Crippen LogP contribution in [0.2, 0.25) is 0 Å². The Morgan fingerprint density at radius 2 is 2.05 bits per heavy atom. The Morgan fingerprint density at radius 3 is 2.62 bits per heavy atom. The van der Waals surface area contributed by atoms with E-state index in [9.17, 15) is 9.59 Å². The van der Waals surface area contributed by atoms with Gasteiger partial charge in [-0.2, -0.15) is 0 Å². The van der Waals surface area contributed by atoms with E-state index in [2.05, 4.69) is 22.5 Å². The van der Waals surface area contributed by atoms with Gasteiger partial charge in [-0.3, -0.25) is 15.0 Å². The minimum absolute atomic E-state index is 0. The highest BCUT2D eigenvalue weighted by atomic mass is 35.5. The van der Waals surface area contributed by atoms with Gasteiger partial charge < -0.3 is 11.1 Å². The maximum atomic E-state index is 11.9. The van der Waals surface area contributed by atoms with Gasteiger partial charge in [-0.25, -0.2) is 4.79 Å². The number of nitrogens with one attached hydrogen (secondary N) is 2. The zero-order valence-corrected chi connectivity index (χ0v) is 14.0. The molecule has 1 aliphatic heterocycles. The van der Waals surface area contributed by atoms with Gasteiger partial charge in [0.15, 0.2) is 0 Å². The van der Waals surface area contributed by atoms with Crippen molar-refractivity contribution in [3.8, 4) is 0 Å². The summed E-state index contributed by atoms with van der Waals surface area (Å²) < 4.78 is 0. The Labute approximate surface area is 133 Å². The number of hydrogen-bond acceptors (Lipinski definition) is 4. The van der Waals surface area contributed by atoms with Crippen molar-refractivity contribution in [2.45, 2.75) is 39.7 Å². The van der Waals surface area contributed by atoms with E-state index in [0.29, 0.717) is 24.9 Å². The second kappa shape index (κ2) is 9.97. The molecule has 1 fully saturated rings. The average molecular weight is 321 g/mol. The fourth-order valence-corrected chi connectivity index (χ4v) is 2.60. The van der Waals surface area contributed by atoms with E-state index in [1.54, 1.807) is 0 Å². The molecule has 0 aromatic carbocycles. The van der Waals surface area contributed by atoms with Crippen LogP contribution in [-0.4, -0.2) is 49.1 Å². The van der Waals surface area contributed by atoms with Crippen molar-refractivity contribution < 1.29 is 9.59 Å². The second-order valence-corrected chi connectivity index (χ2v) is 6.05. The molecule has 6 nitrogen and oxygen atoms in total. The van der Waals surface area contributed by atoms with Crippen molar-refractivity contribution in [3.63, 3.8) is 0 Å². The summed E-state index contributed by atoms with van der Waals surface area (Å²) >= 11 is 0. The monoisotopic (exact) mass is 320 g/mol. The Morgan fingerprint density at radius 1 is 1.38 bits per heavy atom. The first-order valence-electron chi connectivity index (χ1n) is 7.45. The number of nitrogens with zero attached hydrogens (tertiary/aromatic N) is 1. The number of amides is 3. The number of piperidine rings is 1. The lowest BCUT2D eigenvalue weighted by Crippen LogP contribution is -2.53. The van der Waals surface area contributed by atoms with Gasteiger partial charge in [0.2, 0.25) is 5.91 Å². The van der Waals surface area contributed by atoms with Crippen LogP contribution in [0.3, 0.4) is 0 Å². The highest BCUT2D eigenvalue weighted by Crippen LogP contribution is 2.21. The lowest BCUT2D eigenvalue weighted by Gasteiger charge is -2.38. The number of nitrogens with two attached hydrogens (primary N) is 1. The molecule has 1 rings (SSSR count). The van der Waals surface area contributed by atoms with Gasteiger partial charge in [0, 0.05) is 19.1 Å². The van der Waals surface area contributed by atoms with Crippen LogP contribution < -0.4 is 16.4 Å². The first-order valence-corrected chi connectivity index (χ1v) is 7.45. The molecule has 3 amide bonds. The maximum absolute atomic E-state index is 11.9. The van der Waals surface area contributed by atoms with E-state index in [0.717, 1.165) is 19.4 Å². The van der Waals surface area contributed by atoms with Crippen LogP contribution in [0.1, 0.15) is 33.6 Å². The van der Waals surface area contributed by atoms with Crippen molar-refractivity contribution in [1.29, 1.82) is 0 Å². The summed E-state index contributed by atoms with van der Waals surface area (Å²) in [6.07, 6.45) is 2.22. The van der Waals surface area contributed by atoms with Gasteiger partial charge in [0.1, 0.15) is 0 Å². The molecule has 1 saturated heterocycles. The second-order valence-electron chi connectivity index (χ2n) is 6.05. The highest BCUT2D eigenvalue weighted by Gasteiger charge is 2.28. The summed E-state index contributed by atoms with van der Waals surface area (Å²) in [7, 11) is 0. The predicted molar refractivity (Wildman–Crippen MR) is 86.4 cm³/mol. The van der Waals surface area contributed by atoms with Crippen molar-refractivity contribution in [3.05, 3.63) is 0 Å². The van der Waals surface area contributed by atoms with Gasteiger partial charge in [0.05, 0.1) is 6.54 Å². The molecule has 1 heterocycles. The molecule has 0 spiro atoms. The van der Waals surface area contributed by atoms with E-state index in [1.165, 1.54) is 0 Å². The number of rotatable bonds is 5. The van der Waals surface area contributed by atoms with Crippen LogP contribution in [0.5, 0.6) is 0 Å². The highest BCUT2D eigenvalue weighted by molar-refractivity contribution is 5.95. The van der Waals surface area contributed by atoms with Crippen molar-refractivity contribution in [1.82, 2.24) is 15.5 Å². The van der Waals surface area contributed by atoms with Crippen LogP contribution in [0.15, 0.2) is 0 Å². The van der Waals surface area contributed by atoms with Gasteiger partial charge >= 0.3 is 6.03 Å². The molecule has 0 radical (unpaired) electrons. The SMILES string of the molecule is CC(C)CNC(=O)NC(=O)CN1CCCC(C)C1CN.Cl. The molecule has 1 aliphatic rings. The summed E-state index contributed by atoms with van der Waals surface area (Å²) in [6, 6.07) is -0.189. The van der Waals surface area contributed by atoms with Gasteiger partial charge in [-0.1, -0.05) is 20.8 Å². The molecular formula is C14H29ClN4O2. The zero-order chi connectivity index (χ0) is 15.1. The Kier molecular flexibility index (Phi) is 9.57. The Balaban J connectivity index is 0.00000400. The summed E-state index contributed by atoms with van der Waals surface area (Å²) in [5.74, 6) is 0.593. The van der Waals surface area contributed by atoms with E-state index in [1.807, 2.05) is 13.8 Å². The quantitative estimate of drug-likeness (QED) is 0.704. The van der Waals surface area contributed by atoms with Crippen LogP contribution in [0.4, 0.5) is 4.79 Å². The maximum Gasteiger partial charge on any atom is 0.321 e. The van der Waals surface area contributed by atoms with Crippen molar-refractivity contribution >= 4 is 24.3 Å². The molecular weight excluding hydrogens is 292 g/mol. The minimum Gasteiger partial charge on any atom is -0.338 e. The number of halogens is 1. The lowest BCUT2D eigenvalue weighted by molar-refractivity contribution is -0.122. The molecule has 2 unspecified atom stereocenters. The Bertz CT molecular complexity index is 339. The third-order valence-electron chi connectivity index (χ3n) is 3.74. The molecule has 0 saturated carbocycles. The molecule has 0 aliphatic carbocycles. The molecule has 0 bridgehead atoms. The molecule has 124 valence electrons. The summed E-state index contributed by atoms with van der Waals surface area (Å²) in [5, 5.41) is 5.04. The summed E-state index contributed by atoms with van der Waals surface area (Å²) in [5.41, 5.74) is 5.79. The number of imide groups is 1. The van der Waals surface area contributed by atoms with Gasteiger partial charge in [-0.05, 0) is 31.2 Å². The van der Waals surface area contributed by atoms with Crippen molar-refractivity contribution in [2.24, 2.45) is 17.6 Å². The van der Waals surface area contributed by atoms with Gasteiger partial charge in [-0.15, -0.1) is 12.4 Å². The summed E-state index contributed by atoms with van der Waals surface area (Å²) in [4.78, 5) is 25.5. The average Bonchev–Trinajstić information content (AvgIpc) is 2.36. The fourth-order valence-electron chi connectivity index (χ4n) is 2.60. The standard InChI is InChI=1S/C14H28N4O2.ClH/c1-10(2)8-16-14(20)17-13(19)9-18-6-4-5-11(3)12(18)7-15;/h10-12H,4-9,15H2,1-3H3,(H2,16,17,19,20);1H. The molecule has 21 heavy (non-hydrogen) atoms. The number of carbonyl (C=O) groups is 2. The van der Waals surface area contributed by atoms with Crippen LogP contribution in [0.25, 0.3) is 0 Å². The van der Waals surface area contributed by atoms with E-state index in [-0.39, 0.29) is 30.9 Å². The number of carbonyl (C=O) groups excluding carboxylic acids is 2.